The van der Waals surface area contributed by atoms with Gasteiger partial charge in [-0.3, -0.25) is 0 Å². The third kappa shape index (κ3) is 4.88. The van der Waals surface area contributed by atoms with Crippen molar-refractivity contribution in [1.29, 1.82) is 0 Å². The molecule has 0 heterocycles. The van der Waals surface area contributed by atoms with Gasteiger partial charge in [-0.1, -0.05) is 36.4 Å². The van der Waals surface area contributed by atoms with Gasteiger partial charge in [0.1, 0.15) is 23.7 Å². The number of carbonyl (C=O) groups is 1. The van der Waals surface area contributed by atoms with Gasteiger partial charge in [-0.05, 0) is 30.2 Å². The fourth-order valence-electron chi connectivity index (χ4n) is 1.99. The molecule has 0 aliphatic heterocycles. The van der Waals surface area contributed by atoms with E-state index in [1.54, 1.807) is 24.3 Å². The van der Waals surface area contributed by atoms with Crippen LogP contribution in [0.5, 0.6) is 11.5 Å². The summed E-state index contributed by atoms with van der Waals surface area (Å²) in [4.78, 5) is 11.9. The van der Waals surface area contributed by atoms with Crippen LogP contribution in [0.4, 0.5) is 0 Å². The molecule has 0 amide bonds. The molecular weight excluding hydrogens is 292 g/mol. The van der Waals surface area contributed by atoms with Gasteiger partial charge in [-0.15, -0.1) is 6.58 Å². The first kappa shape index (κ1) is 16.6. The molecule has 4 nitrogen and oxygen atoms in total. The van der Waals surface area contributed by atoms with E-state index in [0.717, 1.165) is 5.56 Å². The molecule has 2 aromatic carbocycles. The summed E-state index contributed by atoms with van der Waals surface area (Å²) in [5, 5.41) is 0. The van der Waals surface area contributed by atoms with Crippen molar-refractivity contribution >= 4 is 5.97 Å². The minimum atomic E-state index is -0.455. The van der Waals surface area contributed by atoms with Crippen LogP contribution in [0.25, 0.3) is 0 Å². The van der Waals surface area contributed by atoms with E-state index in [0.29, 0.717) is 36.7 Å². The van der Waals surface area contributed by atoms with Crippen LogP contribution in [0.2, 0.25) is 0 Å². The summed E-state index contributed by atoms with van der Waals surface area (Å²) in [6.07, 6.45) is 2.46. The molecule has 120 valence electrons. The Kier molecular flexibility index (Phi) is 6.24. The predicted octanol–water partition coefficient (Wildman–Crippen LogP) is 4.01. The van der Waals surface area contributed by atoms with Crippen molar-refractivity contribution in [2.24, 2.45) is 0 Å². The van der Waals surface area contributed by atoms with Crippen LogP contribution in [0.3, 0.4) is 0 Å². The second-order valence-corrected chi connectivity index (χ2v) is 4.85. The molecule has 0 radical (unpaired) electrons. The lowest BCUT2D eigenvalue weighted by Crippen LogP contribution is -2.07. The van der Waals surface area contributed by atoms with E-state index >= 15 is 0 Å². The third-order valence-corrected chi connectivity index (χ3v) is 3.18. The number of ether oxygens (including phenoxy) is 3. The van der Waals surface area contributed by atoms with Gasteiger partial charge in [0.15, 0.2) is 0 Å². The number of hydrogen-bond donors (Lipinski definition) is 0. The first-order chi connectivity index (χ1) is 11.2. The van der Waals surface area contributed by atoms with Crippen molar-refractivity contribution < 1.29 is 19.0 Å². The first-order valence-electron chi connectivity index (χ1n) is 7.37. The van der Waals surface area contributed by atoms with E-state index in [1.807, 2.05) is 30.3 Å². The molecule has 0 bridgehead atoms. The van der Waals surface area contributed by atoms with Gasteiger partial charge in [-0.2, -0.15) is 0 Å². The molecule has 0 aromatic heterocycles. The Labute approximate surface area is 136 Å². The zero-order valence-corrected chi connectivity index (χ0v) is 13.2. The van der Waals surface area contributed by atoms with E-state index in [4.69, 9.17) is 14.2 Å². The van der Waals surface area contributed by atoms with Crippen LogP contribution in [-0.2, 0) is 11.3 Å². The van der Waals surface area contributed by atoms with Gasteiger partial charge in [0.2, 0.25) is 0 Å². The van der Waals surface area contributed by atoms with Crippen molar-refractivity contribution in [1.82, 2.24) is 0 Å². The maximum Gasteiger partial charge on any atom is 0.341 e. The van der Waals surface area contributed by atoms with Crippen molar-refractivity contribution in [3.8, 4) is 11.5 Å². The zero-order valence-electron chi connectivity index (χ0n) is 13.2. The largest absolute Gasteiger partial charge is 0.492 e. The molecule has 0 fully saturated rings. The number of carbonyl (C=O) groups excluding carboxylic acids is 1. The van der Waals surface area contributed by atoms with E-state index in [-0.39, 0.29) is 0 Å². The quantitative estimate of drug-likeness (QED) is 0.420. The van der Waals surface area contributed by atoms with Crippen molar-refractivity contribution in [2.45, 2.75) is 13.0 Å². The Bertz CT molecular complexity index is 650. The van der Waals surface area contributed by atoms with E-state index < -0.39 is 5.97 Å². The molecule has 0 N–H and O–H groups in total. The molecule has 23 heavy (non-hydrogen) atoms. The molecule has 0 atom stereocenters. The lowest BCUT2D eigenvalue weighted by atomic mass is 10.2. The second kappa shape index (κ2) is 8.63. The zero-order chi connectivity index (χ0) is 16.5. The molecule has 0 saturated heterocycles. The van der Waals surface area contributed by atoms with E-state index in [1.165, 1.54) is 7.11 Å². The molecule has 2 aromatic rings. The van der Waals surface area contributed by atoms with E-state index in [9.17, 15) is 4.79 Å². The highest BCUT2D eigenvalue weighted by Gasteiger charge is 2.14. The molecular formula is C19H20O4. The SMILES string of the molecule is C=CCCOc1ccc(OCc2ccccc2)cc1C(=O)OC. The summed E-state index contributed by atoms with van der Waals surface area (Å²) < 4.78 is 16.1. The van der Waals surface area contributed by atoms with Gasteiger partial charge in [0, 0.05) is 0 Å². The summed E-state index contributed by atoms with van der Waals surface area (Å²) >= 11 is 0. The topological polar surface area (TPSA) is 44.8 Å². The maximum absolute atomic E-state index is 11.9. The highest BCUT2D eigenvalue weighted by atomic mass is 16.5. The van der Waals surface area contributed by atoms with Gasteiger partial charge in [0.05, 0.1) is 13.7 Å². The summed E-state index contributed by atoms with van der Waals surface area (Å²) in [6.45, 7) is 4.53. The number of esters is 1. The van der Waals surface area contributed by atoms with Gasteiger partial charge < -0.3 is 14.2 Å². The van der Waals surface area contributed by atoms with Crippen LogP contribution in [0.15, 0.2) is 61.2 Å². The van der Waals surface area contributed by atoms with Crippen molar-refractivity contribution in [3.63, 3.8) is 0 Å². The predicted molar refractivity (Wildman–Crippen MR) is 88.9 cm³/mol. The monoisotopic (exact) mass is 312 g/mol. The average molecular weight is 312 g/mol. The Morgan fingerprint density at radius 2 is 1.91 bits per heavy atom. The average Bonchev–Trinajstić information content (AvgIpc) is 2.61. The highest BCUT2D eigenvalue weighted by molar-refractivity contribution is 5.92. The normalized spacial score (nSPS) is 9.96. The minimum absolute atomic E-state index is 0.349. The minimum Gasteiger partial charge on any atom is -0.492 e. The Hall–Kier alpha value is -2.75. The molecule has 2 rings (SSSR count). The van der Waals surface area contributed by atoms with Crippen LogP contribution < -0.4 is 9.47 Å². The molecule has 0 aliphatic rings. The Balaban J connectivity index is 2.11. The smallest absolute Gasteiger partial charge is 0.341 e. The van der Waals surface area contributed by atoms with Gasteiger partial charge in [0.25, 0.3) is 0 Å². The molecule has 0 aliphatic carbocycles. The number of rotatable bonds is 8. The number of benzene rings is 2. The third-order valence-electron chi connectivity index (χ3n) is 3.18. The van der Waals surface area contributed by atoms with Crippen molar-refractivity contribution in [3.05, 3.63) is 72.3 Å². The summed E-state index contributed by atoms with van der Waals surface area (Å²) in [5.74, 6) is 0.611. The molecule has 4 heteroatoms. The maximum atomic E-state index is 11.9. The standard InChI is InChI=1S/C19H20O4/c1-3-4-12-22-18-11-10-16(13-17(18)19(20)21-2)23-14-15-8-6-5-7-9-15/h3,5-11,13H,1,4,12,14H2,2H3. The molecule has 0 spiro atoms. The van der Waals surface area contributed by atoms with Gasteiger partial charge in [-0.25, -0.2) is 4.79 Å². The Morgan fingerprint density at radius 3 is 2.61 bits per heavy atom. The van der Waals surface area contributed by atoms with E-state index in [2.05, 4.69) is 6.58 Å². The molecule has 0 saturated carbocycles. The van der Waals surface area contributed by atoms with Gasteiger partial charge >= 0.3 is 5.97 Å². The van der Waals surface area contributed by atoms with Crippen LogP contribution in [-0.4, -0.2) is 19.7 Å². The Morgan fingerprint density at radius 1 is 1.13 bits per heavy atom. The highest BCUT2D eigenvalue weighted by Crippen LogP contribution is 2.26. The fraction of sp³-hybridized carbons (Fsp3) is 0.211. The first-order valence-corrected chi connectivity index (χ1v) is 7.37. The van der Waals surface area contributed by atoms with Crippen LogP contribution >= 0.6 is 0 Å². The summed E-state index contributed by atoms with van der Waals surface area (Å²) in [7, 11) is 1.34. The van der Waals surface area contributed by atoms with Crippen molar-refractivity contribution in [2.75, 3.05) is 13.7 Å². The fourth-order valence-corrected chi connectivity index (χ4v) is 1.99. The lowest BCUT2D eigenvalue weighted by Gasteiger charge is -2.12. The van der Waals surface area contributed by atoms with Crippen LogP contribution in [0.1, 0.15) is 22.3 Å². The lowest BCUT2D eigenvalue weighted by molar-refractivity contribution is 0.0595. The number of hydrogen-bond acceptors (Lipinski definition) is 4. The van der Waals surface area contributed by atoms with Crippen LogP contribution in [0, 0.1) is 0 Å². The molecule has 0 unspecified atom stereocenters. The second-order valence-electron chi connectivity index (χ2n) is 4.85. The summed E-state index contributed by atoms with van der Waals surface area (Å²) in [5.41, 5.74) is 1.40. The summed E-state index contributed by atoms with van der Waals surface area (Å²) in [6, 6.07) is 15.0. The number of methoxy groups -OCH3 is 1.